The molecular formula is C15H24N2O9. The summed E-state index contributed by atoms with van der Waals surface area (Å²) in [5.41, 5.74) is 0. The van der Waals surface area contributed by atoms with Crippen molar-refractivity contribution >= 4 is 17.8 Å². The molecule has 11 nitrogen and oxygen atoms in total. The summed E-state index contributed by atoms with van der Waals surface area (Å²) in [6.07, 6.45) is -3.26. The summed E-state index contributed by atoms with van der Waals surface area (Å²) >= 11 is 0. The Labute approximate surface area is 149 Å². The van der Waals surface area contributed by atoms with Crippen LogP contribution in [0.3, 0.4) is 0 Å². The molecule has 11 heteroatoms. The highest BCUT2D eigenvalue weighted by atomic mass is 16.6. The molecule has 5 atom stereocenters. The van der Waals surface area contributed by atoms with Crippen LogP contribution >= 0.6 is 0 Å². The first-order valence-electron chi connectivity index (χ1n) is 7.76. The fourth-order valence-corrected chi connectivity index (χ4v) is 2.42. The van der Waals surface area contributed by atoms with Gasteiger partial charge in [0.05, 0.1) is 39.5 Å². The quantitative estimate of drug-likeness (QED) is 0.272. The summed E-state index contributed by atoms with van der Waals surface area (Å²) in [6, 6.07) is -1.81. The Bertz CT molecular complexity index is 551. The highest BCUT2D eigenvalue weighted by Crippen LogP contribution is 2.23. The largest absolute Gasteiger partial charge is 0.478 e. The van der Waals surface area contributed by atoms with E-state index in [1.54, 1.807) is 0 Å². The molecule has 5 N–H and O–H groups in total. The maximum absolute atomic E-state index is 11.8. The maximum Gasteiger partial charge on any atom is 0.373 e. The lowest BCUT2D eigenvalue weighted by atomic mass is 9.92. The van der Waals surface area contributed by atoms with Gasteiger partial charge >= 0.3 is 11.9 Å². The molecule has 0 aromatic carbocycles. The van der Waals surface area contributed by atoms with E-state index in [9.17, 15) is 24.6 Å². The van der Waals surface area contributed by atoms with Gasteiger partial charge in [0.1, 0.15) is 18.3 Å². The van der Waals surface area contributed by atoms with Gasteiger partial charge in [-0.3, -0.25) is 14.9 Å². The lowest BCUT2D eigenvalue weighted by molar-refractivity contribution is -0.149. The van der Waals surface area contributed by atoms with Crippen LogP contribution in [0.5, 0.6) is 0 Å². The van der Waals surface area contributed by atoms with E-state index >= 15 is 0 Å². The highest BCUT2D eigenvalue weighted by molar-refractivity contribution is 5.86. The van der Waals surface area contributed by atoms with Crippen molar-refractivity contribution in [3.63, 3.8) is 0 Å². The van der Waals surface area contributed by atoms with Crippen molar-refractivity contribution in [1.82, 2.24) is 10.6 Å². The summed E-state index contributed by atoms with van der Waals surface area (Å²) in [5.74, 6) is -2.22. The Morgan fingerprint density at radius 2 is 1.92 bits per heavy atom. The van der Waals surface area contributed by atoms with E-state index in [0.29, 0.717) is 0 Å². The normalized spacial score (nSPS) is 24.5. The van der Waals surface area contributed by atoms with Gasteiger partial charge in [0.2, 0.25) is 11.7 Å². The van der Waals surface area contributed by atoms with E-state index < -0.39 is 54.8 Å². The van der Waals surface area contributed by atoms with Crippen LogP contribution in [-0.2, 0) is 28.6 Å². The summed E-state index contributed by atoms with van der Waals surface area (Å²) in [4.78, 5) is 34.8. The number of esters is 2. The zero-order chi connectivity index (χ0) is 19.9. The average molecular weight is 376 g/mol. The van der Waals surface area contributed by atoms with Crippen molar-refractivity contribution in [2.75, 3.05) is 27.4 Å². The van der Waals surface area contributed by atoms with Crippen molar-refractivity contribution < 1.29 is 43.9 Å². The molecule has 1 rings (SSSR count). The molecular weight excluding hydrogens is 352 g/mol. The molecule has 0 bridgehead atoms. The second-order valence-corrected chi connectivity index (χ2v) is 5.55. The molecule has 1 heterocycles. The number of rotatable bonds is 8. The van der Waals surface area contributed by atoms with Crippen molar-refractivity contribution in [3.8, 4) is 0 Å². The fourth-order valence-electron chi connectivity index (χ4n) is 2.42. The molecule has 1 amide bonds. The Kier molecular flexibility index (Phi) is 8.45. The number of carbonyl (C=O) groups excluding carboxylic acids is 3. The lowest BCUT2D eigenvalue weighted by Crippen LogP contribution is -2.63. The molecule has 26 heavy (non-hydrogen) atoms. The van der Waals surface area contributed by atoms with Crippen LogP contribution in [-0.4, -0.2) is 90.9 Å². The average Bonchev–Trinajstić information content (AvgIpc) is 2.64. The molecule has 0 spiro atoms. The monoisotopic (exact) mass is 376 g/mol. The molecule has 0 saturated heterocycles. The molecule has 0 unspecified atom stereocenters. The van der Waals surface area contributed by atoms with E-state index in [0.717, 1.165) is 7.11 Å². The lowest BCUT2D eigenvalue weighted by Gasteiger charge is -2.40. The van der Waals surface area contributed by atoms with Gasteiger partial charge in [0.15, 0.2) is 0 Å². The summed E-state index contributed by atoms with van der Waals surface area (Å²) < 4.78 is 14.5. The van der Waals surface area contributed by atoms with Crippen LogP contribution < -0.4 is 10.6 Å². The van der Waals surface area contributed by atoms with Crippen LogP contribution in [0, 0.1) is 0 Å². The van der Waals surface area contributed by atoms with Crippen molar-refractivity contribution in [2.45, 2.75) is 37.3 Å². The number of ether oxygens (including phenoxy) is 3. The van der Waals surface area contributed by atoms with Crippen LogP contribution in [0.2, 0.25) is 0 Å². The standard InChI is InChI=1S/C15H24N2O9/c1-7(19)17-12-8(16-5-11(21)24-2)4-10(15(23)25-3)26-14(12)13(22)9(20)6-18/h4,8-9,12-14,16,18,20,22H,5-6H2,1-3H3,(H,17,19)/t8-,9-,12+,13-,14+/m0/s1. The number of amides is 1. The molecule has 0 aliphatic carbocycles. The minimum atomic E-state index is -1.65. The minimum absolute atomic E-state index is 0.256. The fraction of sp³-hybridized carbons (Fsp3) is 0.667. The molecule has 0 aromatic heterocycles. The molecule has 0 fully saturated rings. The smallest absolute Gasteiger partial charge is 0.373 e. The number of methoxy groups -OCH3 is 2. The SMILES string of the molecule is COC(=O)CN[C@H]1C=C(C(=O)OC)O[C@@H]([C@@H](O)[C@@H](O)CO)[C@@H]1NC(C)=O. The number of aliphatic hydroxyl groups excluding tert-OH is 3. The van der Waals surface area contributed by atoms with E-state index in [1.165, 1.54) is 20.1 Å². The van der Waals surface area contributed by atoms with Crippen molar-refractivity contribution in [2.24, 2.45) is 0 Å². The van der Waals surface area contributed by atoms with Gasteiger partial charge in [0.25, 0.3) is 0 Å². The van der Waals surface area contributed by atoms with E-state index in [2.05, 4.69) is 20.1 Å². The first-order chi connectivity index (χ1) is 12.2. The Hall–Kier alpha value is -2.21. The van der Waals surface area contributed by atoms with Gasteiger partial charge < -0.3 is 34.8 Å². The predicted octanol–water partition coefficient (Wildman–Crippen LogP) is -3.21. The molecule has 0 aromatic rings. The van der Waals surface area contributed by atoms with Crippen LogP contribution in [0.1, 0.15) is 6.92 Å². The van der Waals surface area contributed by atoms with Crippen molar-refractivity contribution in [3.05, 3.63) is 11.8 Å². The van der Waals surface area contributed by atoms with Gasteiger partial charge in [-0.1, -0.05) is 0 Å². The number of hydrogen-bond donors (Lipinski definition) is 5. The van der Waals surface area contributed by atoms with Crippen LogP contribution in [0.4, 0.5) is 0 Å². The first kappa shape index (κ1) is 21.8. The third-order valence-electron chi connectivity index (χ3n) is 3.72. The van der Waals surface area contributed by atoms with E-state index in [4.69, 9.17) is 9.84 Å². The number of aliphatic hydroxyl groups is 3. The third kappa shape index (κ3) is 5.66. The molecule has 0 saturated carbocycles. The second-order valence-electron chi connectivity index (χ2n) is 5.55. The van der Waals surface area contributed by atoms with Gasteiger partial charge in [-0.15, -0.1) is 0 Å². The Balaban J connectivity index is 3.20. The second kappa shape index (κ2) is 10.1. The molecule has 1 aliphatic heterocycles. The minimum Gasteiger partial charge on any atom is -0.478 e. The van der Waals surface area contributed by atoms with Crippen molar-refractivity contribution in [1.29, 1.82) is 0 Å². The third-order valence-corrected chi connectivity index (χ3v) is 3.72. The van der Waals surface area contributed by atoms with E-state index in [1.807, 2.05) is 0 Å². The number of carbonyl (C=O) groups is 3. The van der Waals surface area contributed by atoms with E-state index in [-0.39, 0.29) is 12.3 Å². The maximum atomic E-state index is 11.8. The number of hydrogen-bond acceptors (Lipinski definition) is 10. The Morgan fingerprint density at radius 1 is 1.27 bits per heavy atom. The molecule has 0 radical (unpaired) electrons. The van der Waals surface area contributed by atoms with Gasteiger partial charge in [-0.05, 0) is 6.08 Å². The van der Waals surface area contributed by atoms with Crippen LogP contribution in [0.15, 0.2) is 11.8 Å². The summed E-state index contributed by atoms with van der Waals surface area (Å²) in [7, 11) is 2.32. The van der Waals surface area contributed by atoms with Gasteiger partial charge in [0, 0.05) is 6.92 Å². The van der Waals surface area contributed by atoms with Gasteiger partial charge in [-0.2, -0.15) is 0 Å². The van der Waals surface area contributed by atoms with Crippen LogP contribution in [0.25, 0.3) is 0 Å². The highest BCUT2D eigenvalue weighted by Gasteiger charge is 2.43. The first-order valence-corrected chi connectivity index (χ1v) is 7.76. The van der Waals surface area contributed by atoms with Gasteiger partial charge in [-0.25, -0.2) is 4.79 Å². The topological polar surface area (TPSA) is 164 Å². The zero-order valence-corrected chi connectivity index (χ0v) is 14.7. The number of nitrogens with one attached hydrogen (secondary N) is 2. The summed E-state index contributed by atoms with van der Waals surface area (Å²) in [6.45, 7) is 0.196. The Morgan fingerprint density at radius 3 is 2.42 bits per heavy atom. The zero-order valence-electron chi connectivity index (χ0n) is 14.7. The molecule has 1 aliphatic rings. The predicted molar refractivity (Wildman–Crippen MR) is 85.5 cm³/mol. The molecule has 148 valence electrons. The summed E-state index contributed by atoms with van der Waals surface area (Å²) in [5, 5.41) is 34.4.